The van der Waals surface area contributed by atoms with E-state index in [-0.39, 0.29) is 11.4 Å². The third-order valence-corrected chi connectivity index (χ3v) is 5.14. The molecule has 0 aliphatic rings. The number of nitrogen functional groups attached to an aromatic ring is 1. The molecule has 34 heavy (non-hydrogen) atoms. The predicted molar refractivity (Wildman–Crippen MR) is 132 cm³/mol. The number of anilines is 1. The number of nitriles is 1. The maximum Gasteiger partial charge on any atom is 0.336 e. The Labute approximate surface area is 197 Å². The largest absolute Gasteiger partial charge is 0.497 e. The molecule has 4 aromatic rings. The van der Waals surface area contributed by atoms with E-state index in [2.05, 4.69) is 11.1 Å². The molecular weight excluding hydrogens is 426 g/mol. The van der Waals surface area contributed by atoms with Gasteiger partial charge >= 0.3 is 5.97 Å². The summed E-state index contributed by atoms with van der Waals surface area (Å²) >= 11 is 0. The highest BCUT2D eigenvalue weighted by Crippen LogP contribution is 2.32. The first-order chi connectivity index (χ1) is 16.6. The van der Waals surface area contributed by atoms with Gasteiger partial charge in [-0.3, -0.25) is 0 Å². The van der Waals surface area contributed by atoms with Crippen LogP contribution < -0.4 is 15.2 Å². The number of aromatic nitrogens is 1. The lowest BCUT2D eigenvalue weighted by Crippen LogP contribution is -2.03. The van der Waals surface area contributed by atoms with Crippen LogP contribution in [0.4, 0.5) is 5.82 Å². The fourth-order valence-electron chi connectivity index (χ4n) is 3.40. The van der Waals surface area contributed by atoms with Gasteiger partial charge in [-0.1, -0.05) is 42.5 Å². The lowest BCUT2D eigenvalue weighted by Gasteiger charge is -2.11. The highest BCUT2D eigenvalue weighted by molar-refractivity contribution is 5.89. The van der Waals surface area contributed by atoms with Crippen molar-refractivity contribution in [3.63, 3.8) is 0 Å². The summed E-state index contributed by atoms with van der Waals surface area (Å²) in [5, 5.41) is 9.65. The molecule has 0 saturated carbocycles. The van der Waals surface area contributed by atoms with Crippen LogP contribution in [0.2, 0.25) is 0 Å². The standard InChI is InChI=1S/C28H21N3O3/c1-33-22-12-10-21(11-13-22)26-17-24(25(18-29)28(30)31-26)20-8-14-23(15-9-20)34-27(32)16-7-19-5-3-2-4-6-19/h2-17H,1H3,(H2,30,31)/b16-7-. The van der Waals surface area contributed by atoms with Crippen molar-refractivity contribution < 1.29 is 14.3 Å². The molecule has 6 nitrogen and oxygen atoms in total. The maximum atomic E-state index is 12.1. The van der Waals surface area contributed by atoms with Gasteiger partial charge in [-0.2, -0.15) is 5.26 Å². The van der Waals surface area contributed by atoms with Gasteiger partial charge in [0.1, 0.15) is 28.9 Å². The number of rotatable bonds is 6. The Kier molecular flexibility index (Phi) is 6.66. The smallest absolute Gasteiger partial charge is 0.336 e. The van der Waals surface area contributed by atoms with Crippen LogP contribution in [-0.2, 0) is 4.79 Å². The van der Waals surface area contributed by atoms with E-state index in [1.807, 2.05) is 60.7 Å². The molecule has 0 aliphatic heterocycles. The van der Waals surface area contributed by atoms with Gasteiger partial charge in [-0.25, -0.2) is 9.78 Å². The molecule has 0 spiro atoms. The zero-order chi connectivity index (χ0) is 23.9. The van der Waals surface area contributed by atoms with Crippen LogP contribution in [0.15, 0.2) is 91.0 Å². The number of pyridine rings is 1. The summed E-state index contributed by atoms with van der Waals surface area (Å²) < 4.78 is 10.6. The monoisotopic (exact) mass is 447 g/mol. The lowest BCUT2D eigenvalue weighted by molar-refractivity contribution is -0.128. The number of benzene rings is 3. The second-order valence-electron chi connectivity index (χ2n) is 7.35. The molecule has 0 amide bonds. The van der Waals surface area contributed by atoms with E-state index in [1.54, 1.807) is 37.5 Å². The molecule has 1 aromatic heterocycles. The van der Waals surface area contributed by atoms with Crippen LogP contribution in [0.25, 0.3) is 28.5 Å². The summed E-state index contributed by atoms with van der Waals surface area (Å²) in [6.07, 6.45) is 3.07. The van der Waals surface area contributed by atoms with Crippen molar-refractivity contribution >= 4 is 17.9 Å². The maximum absolute atomic E-state index is 12.1. The summed E-state index contributed by atoms with van der Waals surface area (Å²) in [5.41, 5.74) is 10.2. The molecule has 2 N–H and O–H groups in total. The third kappa shape index (κ3) is 5.12. The van der Waals surface area contributed by atoms with E-state index in [0.717, 1.165) is 22.4 Å². The summed E-state index contributed by atoms with van der Waals surface area (Å²) in [5.74, 6) is 0.786. The number of methoxy groups -OCH3 is 1. The Morgan fingerprint density at radius 1 is 0.941 bits per heavy atom. The second-order valence-corrected chi connectivity index (χ2v) is 7.35. The summed E-state index contributed by atoms with van der Waals surface area (Å²) in [6, 6.07) is 27.8. The first kappa shape index (κ1) is 22.3. The van der Waals surface area contributed by atoms with Crippen LogP contribution in [0.5, 0.6) is 11.5 Å². The molecule has 1 heterocycles. The zero-order valence-corrected chi connectivity index (χ0v) is 18.4. The number of hydrogen-bond acceptors (Lipinski definition) is 6. The molecule has 0 radical (unpaired) electrons. The molecule has 0 unspecified atom stereocenters. The molecule has 0 aliphatic carbocycles. The van der Waals surface area contributed by atoms with Crippen molar-refractivity contribution in [1.29, 1.82) is 5.26 Å². The average Bonchev–Trinajstić information content (AvgIpc) is 2.88. The molecule has 0 fully saturated rings. The minimum absolute atomic E-state index is 0.146. The van der Waals surface area contributed by atoms with Crippen molar-refractivity contribution in [2.75, 3.05) is 12.8 Å². The highest BCUT2D eigenvalue weighted by Gasteiger charge is 2.14. The fourth-order valence-corrected chi connectivity index (χ4v) is 3.40. The molecule has 6 heteroatoms. The van der Waals surface area contributed by atoms with Gasteiger partial charge in [0.15, 0.2) is 0 Å². The number of carbonyl (C=O) groups excluding carboxylic acids is 1. The second kappa shape index (κ2) is 10.2. The number of ether oxygens (including phenoxy) is 2. The van der Waals surface area contributed by atoms with Gasteiger partial charge < -0.3 is 15.2 Å². The number of nitrogens with zero attached hydrogens (tertiary/aromatic N) is 2. The van der Waals surface area contributed by atoms with Crippen molar-refractivity contribution in [2.45, 2.75) is 0 Å². The van der Waals surface area contributed by atoms with E-state index in [0.29, 0.717) is 17.0 Å². The van der Waals surface area contributed by atoms with E-state index >= 15 is 0 Å². The van der Waals surface area contributed by atoms with Gasteiger partial charge in [0, 0.05) is 17.2 Å². The summed E-state index contributed by atoms with van der Waals surface area (Å²) in [7, 11) is 1.60. The Morgan fingerprint density at radius 2 is 1.59 bits per heavy atom. The van der Waals surface area contributed by atoms with Gasteiger partial charge in [0.05, 0.1) is 12.8 Å². The minimum atomic E-state index is -0.482. The molecule has 0 bridgehead atoms. The van der Waals surface area contributed by atoms with Crippen molar-refractivity contribution in [3.8, 4) is 40.0 Å². The van der Waals surface area contributed by atoms with Crippen LogP contribution in [-0.4, -0.2) is 18.1 Å². The van der Waals surface area contributed by atoms with Crippen LogP contribution >= 0.6 is 0 Å². The molecule has 4 rings (SSSR count). The van der Waals surface area contributed by atoms with Crippen molar-refractivity contribution in [1.82, 2.24) is 4.98 Å². The predicted octanol–water partition coefficient (Wildman–Crippen LogP) is 5.50. The Hall–Kier alpha value is -4.89. The zero-order valence-electron chi connectivity index (χ0n) is 18.4. The number of hydrogen-bond donors (Lipinski definition) is 1. The first-order valence-corrected chi connectivity index (χ1v) is 10.5. The van der Waals surface area contributed by atoms with Crippen LogP contribution in [0.1, 0.15) is 11.1 Å². The van der Waals surface area contributed by atoms with Crippen molar-refractivity contribution in [2.24, 2.45) is 0 Å². The fraction of sp³-hybridized carbons (Fsp3) is 0.0357. The third-order valence-electron chi connectivity index (χ3n) is 5.14. The number of nitrogens with two attached hydrogens (primary N) is 1. The number of esters is 1. The molecule has 0 saturated heterocycles. The molecule has 3 aromatic carbocycles. The minimum Gasteiger partial charge on any atom is -0.497 e. The number of carbonyl (C=O) groups is 1. The van der Waals surface area contributed by atoms with Gasteiger partial charge in [-0.15, -0.1) is 0 Å². The Balaban J connectivity index is 1.57. The molecule has 0 atom stereocenters. The van der Waals surface area contributed by atoms with Gasteiger partial charge in [-0.05, 0) is 59.7 Å². The lowest BCUT2D eigenvalue weighted by atomic mass is 9.98. The topological polar surface area (TPSA) is 98.2 Å². The Morgan fingerprint density at radius 3 is 2.24 bits per heavy atom. The summed E-state index contributed by atoms with van der Waals surface area (Å²) in [4.78, 5) is 16.5. The summed E-state index contributed by atoms with van der Waals surface area (Å²) in [6.45, 7) is 0. The van der Waals surface area contributed by atoms with E-state index in [4.69, 9.17) is 15.2 Å². The molecule has 166 valence electrons. The highest BCUT2D eigenvalue weighted by atomic mass is 16.5. The first-order valence-electron chi connectivity index (χ1n) is 10.5. The molecular formula is C28H21N3O3. The van der Waals surface area contributed by atoms with Crippen LogP contribution in [0.3, 0.4) is 0 Å². The quantitative estimate of drug-likeness (QED) is 0.238. The Bertz CT molecular complexity index is 1370. The van der Waals surface area contributed by atoms with E-state index < -0.39 is 5.97 Å². The SMILES string of the molecule is COc1ccc(-c2cc(-c3ccc(OC(=O)/C=C\c4ccccc4)cc3)c(C#N)c(N)n2)cc1. The van der Waals surface area contributed by atoms with Crippen LogP contribution in [0, 0.1) is 11.3 Å². The van der Waals surface area contributed by atoms with E-state index in [9.17, 15) is 10.1 Å². The normalized spacial score (nSPS) is 10.6. The average molecular weight is 447 g/mol. The van der Waals surface area contributed by atoms with Gasteiger partial charge in [0.2, 0.25) is 0 Å². The van der Waals surface area contributed by atoms with Gasteiger partial charge in [0.25, 0.3) is 0 Å². The van der Waals surface area contributed by atoms with Crippen molar-refractivity contribution in [3.05, 3.63) is 102 Å². The van der Waals surface area contributed by atoms with E-state index in [1.165, 1.54) is 6.08 Å².